The molecule has 0 aliphatic carbocycles. The lowest BCUT2D eigenvalue weighted by atomic mass is 10.2. The normalized spacial score (nSPS) is 16.7. The number of carbonyl (C=O) groups excluding carboxylic acids is 1. The molecular weight excluding hydrogens is 330 g/mol. The lowest BCUT2D eigenvalue weighted by Crippen LogP contribution is -2.30. The van der Waals surface area contributed by atoms with Crippen molar-refractivity contribution < 1.29 is 4.79 Å². The van der Waals surface area contributed by atoms with Crippen LogP contribution in [0, 0.1) is 20.8 Å². The van der Waals surface area contributed by atoms with Crippen molar-refractivity contribution in [1.29, 1.82) is 0 Å². The summed E-state index contributed by atoms with van der Waals surface area (Å²) in [6.07, 6.45) is 4.33. The van der Waals surface area contributed by atoms with Gasteiger partial charge in [-0.3, -0.25) is 4.79 Å². The minimum absolute atomic E-state index is 0.181. The Morgan fingerprint density at radius 3 is 2.73 bits per heavy atom. The number of rotatable bonds is 4. The highest BCUT2D eigenvalue weighted by atomic mass is 16.2. The lowest BCUT2D eigenvalue weighted by molar-refractivity contribution is 0.0815. The van der Waals surface area contributed by atoms with Crippen LogP contribution in [0.3, 0.4) is 0 Å². The Hall–Kier alpha value is -2.77. The summed E-state index contributed by atoms with van der Waals surface area (Å²) < 4.78 is 0. The summed E-state index contributed by atoms with van der Waals surface area (Å²) in [5, 5.41) is 3.49. The van der Waals surface area contributed by atoms with E-state index < -0.39 is 0 Å². The van der Waals surface area contributed by atoms with Crippen LogP contribution in [0.5, 0.6) is 0 Å². The molecule has 0 saturated carbocycles. The van der Waals surface area contributed by atoms with Gasteiger partial charge in [-0.1, -0.05) is 0 Å². The fourth-order valence-corrected chi connectivity index (χ4v) is 3.03. The zero-order chi connectivity index (χ0) is 18.8. The first kappa shape index (κ1) is 18.0. The van der Waals surface area contributed by atoms with Crippen molar-refractivity contribution in [3.63, 3.8) is 0 Å². The standard InChI is InChI=1S/C18H25N7O/c1-11-8-19-10-20-15(11)22-14-6-7-25(9-14)17-12(2)13(3)21-16(23-17)18(26)24(4)5/h8,10,14H,6-7,9H2,1-5H3,(H,19,20,22)/t14-/m1/s1. The number of anilines is 2. The average Bonchev–Trinajstić information content (AvgIpc) is 3.06. The summed E-state index contributed by atoms with van der Waals surface area (Å²) in [5.74, 6) is 1.77. The smallest absolute Gasteiger partial charge is 0.291 e. The third-order valence-electron chi connectivity index (χ3n) is 4.68. The third kappa shape index (κ3) is 3.58. The van der Waals surface area contributed by atoms with Crippen molar-refractivity contribution in [2.75, 3.05) is 37.4 Å². The quantitative estimate of drug-likeness (QED) is 0.891. The average molecular weight is 355 g/mol. The third-order valence-corrected chi connectivity index (χ3v) is 4.68. The predicted molar refractivity (Wildman–Crippen MR) is 101 cm³/mol. The fourth-order valence-electron chi connectivity index (χ4n) is 3.03. The Bertz CT molecular complexity index is 821. The van der Waals surface area contributed by atoms with E-state index in [1.165, 1.54) is 4.90 Å². The van der Waals surface area contributed by atoms with Crippen LogP contribution in [0.4, 0.5) is 11.6 Å². The summed E-state index contributed by atoms with van der Waals surface area (Å²) in [4.78, 5) is 33.3. The molecule has 8 heteroatoms. The maximum absolute atomic E-state index is 12.3. The molecule has 3 heterocycles. The summed E-state index contributed by atoms with van der Waals surface area (Å²) in [5.41, 5.74) is 2.88. The van der Waals surface area contributed by atoms with Gasteiger partial charge >= 0.3 is 0 Å². The molecule has 1 aliphatic heterocycles. The van der Waals surface area contributed by atoms with Crippen molar-refractivity contribution in [3.8, 4) is 0 Å². The first-order valence-corrected chi connectivity index (χ1v) is 8.71. The van der Waals surface area contributed by atoms with E-state index in [1.807, 2.05) is 20.8 Å². The molecular formula is C18H25N7O. The molecule has 26 heavy (non-hydrogen) atoms. The SMILES string of the molecule is Cc1cncnc1N[C@@H]1CCN(c2nc(C(=O)N(C)C)nc(C)c2C)C1. The highest BCUT2D eigenvalue weighted by molar-refractivity contribution is 5.90. The molecule has 0 unspecified atom stereocenters. The van der Waals surface area contributed by atoms with Crippen LogP contribution in [0.1, 0.15) is 33.9 Å². The molecule has 1 atom stereocenters. The van der Waals surface area contributed by atoms with Gasteiger partial charge in [0.2, 0.25) is 5.82 Å². The Labute approximate surface area is 153 Å². The van der Waals surface area contributed by atoms with Crippen LogP contribution >= 0.6 is 0 Å². The molecule has 138 valence electrons. The zero-order valence-electron chi connectivity index (χ0n) is 15.9. The van der Waals surface area contributed by atoms with Gasteiger partial charge in [-0.05, 0) is 27.2 Å². The van der Waals surface area contributed by atoms with Gasteiger partial charge in [0.1, 0.15) is 18.0 Å². The van der Waals surface area contributed by atoms with Crippen molar-refractivity contribution >= 4 is 17.5 Å². The summed E-state index contributed by atoms with van der Waals surface area (Å²) >= 11 is 0. The minimum atomic E-state index is -0.181. The summed E-state index contributed by atoms with van der Waals surface area (Å²) in [6, 6.07) is 0.270. The molecule has 1 N–H and O–H groups in total. The molecule has 2 aromatic heterocycles. The Morgan fingerprint density at radius 2 is 2.04 bits per heavy atom. The van der Waals surface area contributed by atoms with Gasteiger partial charge in [-0.25, -0.2) is 19.9 Å². The van der Waals surface area contributed by atoms with Gasteiger partial charge in [-0.2, -0.15) is 0 Å². The van der Waals surface area contributed by atoms with E-state index in [1.54, 1.807) is 26.6 Å². The van der Waals surface area contributed by atoms with Gasteiger partial charge in [0.05, 0.1) is 0 Å². The lowest BCUT2D eigenvalue weighted by Gasteiger charge is -2.22. The van der Waals surface area contributed by atoms with Gasteiger partial charge in [0.15, 0.2) is 0 Å². The molecule has 8 nitrogen and oxygen atoms in total. The number of hydrogen-bond acceptors (Lipinski definition) is 7. The summed E-state index contributed by atoms with van der Waals surface area (Å²) in [7, 11) is 3.42. The molecule has 0 radical (unpaired) electrons. The van der Waals surface area contributed by atoms with Crippen LogP contribution in [0.25, 0.3) is 0 Å². The Kier molecular flexibility index (Phi) is 5.01. The molecule has 2 aromatic rings. The van der Waals surface area contributed by atoms with Crippen molar-refractivity contribution in [2.24, 2.45) is 0 Å². The summed E-state index contributed by atoms with van der Waals surface area (Å²) in [6.45, 7) is 7.59. The van der Waals surface area contributed by atoms with E-state index in [-0.39, 0.29) is 17.8 Å². The molecule has 1 fully saturated rings. The van der Waals surface area contributed by atoms with Crippen LogP contribution in [-0.2, 0) is 0 Å². The van der Waals surface area contributed by atoms with Crippen molar-refractivity contribution in [3.05, 3.63) is 35.2 Å². The van der Waals surface area contributed by atoms with E-state index in [4.69, 9.17) is 0 Å². The monoisotopic (exact) mass is 355 g/mol. The molecule has 0 bridgehead atoms. The van der Waals surface area contributed by atoms with Gasteiger partial charge in [-0.15, -0.1) is 0 Å². The number of amides is 1. The zero-order valence-corrected chi connectivity index (χ0v) is 15.9. The Morgan fingerprint density at radius 1 is 1.27 bits per heavy atom. The number of carbonyl (C=O) groups is 1. The maximum Gasteiger partial charge on any atom is 0.291 e. The second-order valence-electron chi connectivity index (χ2n) is 6.91. The number of aromatic nitrogens is 4. The van der Waals surface area contributed by atoms with Gasteiger partial charge in [0, 0.05) is 56.2 Å². The first-order chi connectivity index (χ1) is 12.4. The Balaban J connectivity index is 1.80. The van der Waals surface area contributed by atoms with Crippen LogP contribution in [0.2, 0.25) is 0 Å². The molecule has 0 spiro atoms. The number of aryl methyl sites for hydroxylation is 2. The largest absolute Gasteiger partial charge is 0.365 e. The molecule has 1 aliphatic rings. The highest BCUT2D eigenvalue weighted by Crippen LogP contribution is 2.25. The number of hydrogen-bond donors (Lipinski definition) is 1. The molecule has 1 saturated heterocycles. The number of nitrogens with one attached hydrogen (secondary N) is 1. The van der Waals surface area contributed by atoms with Crippen LogP contribution in [0.15, 0.2) is 12.5 Å². The van der Waals surface area contributed by atoms with Crippen LogP contribution in [-0.4, -0.2) is 64.0 Å². The second kappa shape index (κ2) is 7.23. The first-order valence-electron chi connectivity index (χ1n) is 8.71. The van der Waals surface area contributed by atoms with E-state index in [2.05, 4.69) is 30.2 Å². The van der Waals surface area contributed by atoms with Crippen LogP contribution < -0.4 is 10.2 Å². The van der Waals surface area contributed by atoms with E-state index >= 15 is 0 Å². The van der Waals surface area contributed by atoms with Crippen molar-refractivity contribution in [2.45, 2.75) is 33.2 Å². The van der Waals surface area contributed by atoms with E-state index in [9.17, 15) is 4.79 Å². The fraction of sp³-hybridized carbons (Fsp3) is 0.500. The highest BCUT2D eigenvalue weighted by Gasteiger charge is 2.27. The maximum atomic E-state index is 12.3. The second-order valence-corrected chi connectivity index (χ2v) is 6.91. The predicted octanol–water partition coefficient (Wildman–Crippen LogP) is 1.58. The van der Waals surface area contributed by atoms with Gasteiger partial charge < -0.3 is 15.1 Å². The van der Waals surface area contributed by atoms with Gasteiger partial charge in [0.25, 0.3) is 5.91 Å². The van der Waals surface area contributed by atoms with Crippen molar-refractivity contribution in [1.82, 2.24) is 24.8 Å². The van der Waals surface area contributed by atoms with E-state index in [0.29, 0.717) is 0 Å². The topological polar surface area (TPSA) is 87.1 Å². The molecule has 1 amide bonds. The number of nitrogens with zero attached hydrogens (tertiary/aromatic N) is 6. The minimum Gasteiger partial charge on any atom is -0.365 e. The van der Waals surface area contributed by atoms with E-state index in [0.717, 1.165) is 48.0 Å². The molecule has 3 rings (SSSR count). The molecule has 0 aromatic carbocycles.